The zero-order valence-corrected chi connectivity index (χ0v) is 17.1. The average Bonchev–Trinajstić information content (AvgIpc) is 3.22. The van der Waals surface area contributed by atoms with Crippen molar-refractivity contribution < 1.29 is 19.1 Å². The van der Waals surface area contributed by atoms with E-state index in [1.165, 1.54) is 23.3 Å². The fraction of sp³-hybridized carbons (Fsp3) is 0.455. The zero-order chi connectivity index (χ0) is 19.8. The van der Waals surface area contributed by atoms with Crippen molar-refractivity contribution in [3.8, 4) is 11.5 Å². The molecule has 2 aromatic rings. The monoisotopic (exact) mass is 412 g/mol. The second-order valence-electron chi connectivity index (χ2n) is 7.75. The molecule has 6 nitrogen and oxygen atoms in total. The number of nitrogens with zero attached hydrogens (tertiary/aromatic N) is 2. The first-order valence-corrected chi connectivity index (χ1v) is 11.1. The van der Waals surface area contributed by atoms with Gasteiger partial charge in [-0.3, -0.25) is 9.59 Å². The van der Waals surface area contributed by atoms with Gasteiger partial charge in [0.05, 0.1) is 4.88 Å². The van der Waals surface area contributed by atoms with Crippen molar-refractivity contribution >= 4 is 23.2 Å². The average molecular weight is 413 g/mol. The minimum Gasteiger partial charge on any atom is -0.485 e. The number of carbonyl (C=O) groups is 2. The Hall–Kier alpha value is -2.54. The maximum atomic E-state index is 12.9. The Morgan fingerprint density at radius 3 is 2.48 bits per heavy atom. The number of piperazine rings is 1. The van der Waals surface area contributed by atoms with Crippen LogP contribution in [0.2, 0.25) is 0 Å². The Bertz CT molecular complexity index is 909. The van der Waals surface area contributed by atoms with E-state index in [-0.39, 0.29) is 18.4 Å². The largest absolute Gasteiger partial charge is 0.485 e. The highest BCUT2D eigenvalue weighted by Gasteiger charge is 2.34. The first-order valence-electron chi connectivity index (χ1n) is 10.3. The third kappa shape index (κ3) is 3.59. The number of rotatable bonds is 2. The van der Waals surface area contributed by atoms with Crippen LogP contribution in [-0.4, -0.2) is 60.5 Å². The van der Waals surface area contributed by atoms with Crippen LogP contribution in [0, 0.1) is 0 Å². The van der Waals surface area contributed by atoms with Crippen molar-refractivity contribution in [1.82, 2.24) is 9.80 Å². The van der Waals surface area contributed by atoms with Crippen molar-refractivity contribution in [2.75, 3.05) is 32.8 Å². The molecular formula is C22H24N2O4S. The highest BCUT2D eigenvalue weighted by atomic mass is 32.1. The number of hydrogen-bond donors (Lipinski definition) is 0. The van der Waals surface area contributed by atoms with Gasteiger partial charge in [-0.05, 0) is 49.4 Å². The van der Waals surface area contributed by atoms with Gasteiger partial charge >= 0.3 is 0 Å². The molecule has 1 atom stereocenters. The summed E-state index contributed by atoms with van der Waals surface area (Å²) in [4.78, 5) is 31.7. The first kappa shape index (κ1) is 18.5. The van der Waals surface area contributed by atoms with Crippen LogP contribution in [0.4, 0.5) is 0 Å². The van der Waals surface area contributed by atoms with Crippen LogP contribution in [-0.2, 0) is 17.6 Å². The summed E-state index contributed by atoms with van der Waals surface area (Å²) in [5.41, 5.74) is 1.35. The van der Waals surface area contributed by atoms with Crippen LogP contribution in [0.15, 0.2) is 30.3 Å². The van der Waals surface area contributed by atoms with E-state index in [1.54, 1.807) is 16.2 Å². The van der Waals surface area contributed by atoms with Crippen LogP contribution in [0.25, 0.3) is 0 Å². The summed E-state index contributed by atoms with van der Waals surface area (Å²) in [6.07, 6.45) is 4.00. The molecule has 3 aliphatic rings. The molecule has 29 heavy (non-hydrogen) atoms. The molecular weight excluding hydrogens is 388 g/mol. The minimum atomic E-state index is -0.629. The number of carbonyl (C=O) groups excluding carboxylic acids is 2. The van der Waals surface area contributed by atoms with Crippen molar-refractivity contribution in [1.29, 1.82) is 0 Å². The summed E-state index contributed by atoms with van der Waals surface area (Å²) >= 11 is 1.65. The van der Waals surface area contributed by atoms with Crippen molar-refractivity contribution in [3.63, 3.8) is 0 Å². The van der Waals surface area contributed by atoms with E-state index in [0.29, 0.717) is 37.7 Å². The summed E-state index contributed by atoms with van der Waals surface area (Å²) in [5, 5.41) is 0. The van der Waals surface area contributed by atoms with E-state index in [0.717, 1.165) is 17.7 Å². The molecule has 1 aliphatic carbocycles. The zero-order valence-electron chi connectivity index (χ0n) is 16.3. The third-order valence-electron chi connectivity index (χ3n) is 5.87. The second-order valence-corrected chi connectivity index (χ2v) is 8.88. The summed E-state index contributed by atoms with van der Waals surface area (Å²) in [6, 6.07) is 9.48. The van der Waals surface area contributed by atoms with Gasteiger partial charge in [0.25, 0.3) is 11.8 Å². The van der Waals surface area contributed by atoms with Crippen LogP contribution < -0.4 is 9.47 Å². The lowest BCUT2D eigenvalue weighted by Crippen LogP contribution is -2.55. The molecule has 0 bridgehead atoms. The van der Waals surface area contributed by atoms with Gasteiger partial charge in [0.1, 0.15) is 6.61 Å². The van der Waals surface area contributed by atoms with Gasteiger partial charge in [-0.1, -0.05) is 12.1 Å². The molecule has 7 heteroatoms. The summed E-state index contributed by atoms with van der Waals surface area (Å²) in [6.45, 7) is 2.37. The van der Waals surface area contributed by atoms with Gasteiger partial charge in [0.2, 0.25) is 6.10 Å². The van der Waals surface area contributed by atoms with E-state index in [1.807, 2.05) is 29.2 Å². The molecule has 2 aliphatic heterocycles. The quantitative estimate of drug-likeness (QED) is 0.761. The molecule has 0 radical (unpaired) electrons. The van der Waals surface area contributed by atoms with Gasteiger partial charge < -0.3 is 19.3 Å². The van der Waals surface area contributed by atoms with Crippen LogP contribution in [0.3, 0.4) is 0 Å². The Balaban J connectivity index is 1.19. The summed E-state index contributed by atoms with van der Waals surface area (Å²) in [7, 11) is 0. The fourth-order valence-electron chi connectivity index (χ4n) is 4.23. The van der Waals surface area contributed by atoms with E-state index >= 15 is 0 Å². The van der Waals surface area contributed by atoms with Gasteiger partial charge in [-0.25, -0.2) is 0 Å². The lowest BCUT2D eigenvalue weighted by Gasteiger charge is -2.37. The van der Waals surface area contributed by atoms with E-state index in [2.05, 4.69) is 6.07 Å². The van der Waals surface area contributed by atoms with E-state index < -0.39 is 6.10 Å². The SMILES string of the molecule is O=C(c1cc2c(s1)CCCC2)N1CCN(C(=O)C2COc3ccccc3O2)CC1. The van der Waals surface area contributed by atoms with Crippen LogP contribution >= 0.6 is 11.3 Å². The van der Waals surface area contributed by atoms with E-state index in [9.17, 15) is 9.59 Å². The lowest BCUT2D eigenvalue weighted by molar-refractivity contribution is -0.142. The standard InChI is InChI=1S/C22H24N2O4S/c25-21(18-14-27-16-6-2-3-7-17(16)28-18)23-9-11-24(12-10-23)22(26)20-13-15-5-1-4-8-19(15)29-20/h2-3,6-7,13,18H,1,4-5,8-12,14H2. The maximum absolute atomic E-state index is 12.9. The fourth-order valence-corrected chi connectivity index (χ4v) is 5.45. The number of para-hydroxylation sites is 2. The van der Waals surface area contributed by atoms with Crippen LogP contribution in [0.5, 0.6) is 11.5 Å². The Morgan fingerprint density at radius 2 is 1.69 bits per heavy atom. The molecule has 2 amide bonds. The Kier molecular flexibility index (Phi) is 4.91. The molecule has 1 fully saturated rings. The Morgan fingerprint density at radius 1 is 0.966 bits per heavy atom. The molecule has 5 rings (SSSR count). The van der Waals surface area contributed by atoms with Crippen molar-refractivity contribution in [3.05, 3.63) is 45.6 Å². The molecule has 1 unspecified atom stereocenters. The third-order valence-corrected chi connectivity index (χ3v) is 7.10. The van der Waals surface area contributed by atoms with Crippen molar-refractivity contribution in [2.24, 2.45) is 0 Å². The number of hydrogen-bond acceptors (Lipinski definition) is 5. The van der Waals surface area contributed by atoms with Crippen LogP contribution in [0.1, 0.15) is 33.0 Å². The molecule has 1 saturated heterocycles. The van der Waals surface area contributed by atoms with Gasteiger partial charge in [-0.2, -0.15) is 0 Å². The van der Waals surface area contributed by atoms with Gasteiger partial charge in [-0.15, -0.1) is 11.3 Å². The summed E-state index contributed by atoms with van der Waals surface area (Å²) in [5.74, 6) is 1.30. The minimum absolute atomic E-state index is 0.0711. The predicted molar refractivity (Wildman–Crippen MR) is 110 cm³/mol. The molecule has 1 aromatic heterocycles. The number of ether oxygens (including phenoxy) is 2. The van der Waals surface area contributed by atoms with Gasteiger partial charge in [0.15, 0.2) is 11.5 Å². The first-order chi connectivity index (χ1) is 14.2. The molecule has 0 saturated carbocycles. The predicted octanol–water partition coefficient (Wildman–Crippen LogP) is 2.75. The second kappa shape index (κ2) is 7.71. The number of benzene rings is 1. The number of amides is 2. The topological polar surface area (TPSA) is 59.1 Å². The smallest absolute Gasteiger partial charge is 0.267 e. The highest BCUT2D eigenvalue weighted by molar-refractivity contribution is 7.14. The van der Waals surface area contributed by atoms with Crippen molar-refractivity contribution in [2.45, 2.75) is 31.8 Å². The maximum Gasteiger partial charge on any atom is 0.267 e. The highest BCUT2D eigenvalue weighted by Crippen LogP contribution is 2.32. The number of aryl methyl sites for hydroxylation is 2. The molecule has 1 aromatic carbocycles. The van der Waals surface area contributed by atoms with Gasteiger partial charge in [0, 0.05) is 31.1 Å². The Labute approximate surface area is 174 Å². The molecule has 0 spiro atoms. The number of thiophene rings is 1. The van der Waals surface area contributed by atoms with E-state index in [4.69, 9.17) is 9.47 Å². The lowest BCUT2D eigenvalue weighted by atomic mass is 9.99. The molecule has 0 N–H and O–H groups in total. The summed E-state index contributed by atoms with van der Waals surface area (Å²) < 4.78 is 11.5. The molecule has 152 valence electrons. The molecule has 3 heterocycles. The normalized spacial score (nSPS) is 20.9. The number of fused-ring (bicyclic) bond motifs is 2.